The maximum atomic E-state index is 6.25. The van der Waals surface area contributed by atoms with Gasteiger partial charge in [-0.3, -0.25) is 5.10 Å². The molecule has 0 spiro atoms. The molecular formula is C14H9BrClN3. The van der Waals surface area contributed by atoms with E-state index in [9.17, 15) is 0 Å². The molecule has 1 aromatic heterocycles. The van der Waals surface area contributed by atoms with Crippen molar-refractivity contribution in [3.8, 4) is 22.8 Å². The second-order valence-electron chi connectivity index (χ2n) is 3.98. The first-order chi connectivity index (χ1) is 9.25. The van der Waals surface area contributed by atoms with E-state index in [0.717, 1.165) is 15.6 Å². The van der Waals surface area contributed by atoms with Crippen LogP contribution in [0.5, 0.6) is 0 Å². The summed E-state index contributed by atoms with van der Waals surface area (Å²) in [6, 6.07) is 15.5. The van der Waals surface area contributed by atoms with Gasteiger partial charge in [-0.2, -0.15) is 5.10 Å². The molecule has 94 valence electrons. The number of aromatic nitrogens is 3. The van der Waals surface area contributed by atoms with Crippen molar-refractivity contribution >= 4 is 27.5 Å². The zero-order chi connectivity index (χ0) is 13.2. The molecule has 1 heterocycles. The van der Waals surface area contributed by atoms with Crippen LogP contribution in [0.3, 0.4) is 0 Å². The van der Waals surface area contributed by atoms with E-state index in [-0.39, 0.29) is 0 Å². The van der Waals surface area contributed by atoms with Gasteiger partial charge in [0.15, 0.2) is 11.6 Å². The van der Waals surface area contributed by atoms with Gasteiger partial charge in [-0.05, 0) is 28.1 Å². The van der Waals surface area contributed by atoms with Crippen molar-refractivity contribution in [2.24, 2.45) is 0 Å². The Labute approximate surface area is 123 Å². The van der Waals surface area contributed by atoms with E-state index in [1.807, 2.05) is 48.5 Å². The number of benzene rings is 2. The van der Waals surface area contributed by atoms with Crippen molar-refractivity contribution in [3.05, 3.63) is 58.0 Å². The summed E-state index contributed by atoms with van der Waals surface area (Å²) in [7, 11) is 0. The number of hydrogen-bond acceptors (Lipinski definition) is 2. The molecule has 1 N–H and O–H groups in total. The molecule has 3 rings (SSSR count). The van der Waals surface area contributed by atoms with Crippen LogP contribution < -0.4 is 0 Å². The first-order valence-corrected chi connectivity index (χ1v) is 6.85. The molecular weight excluding hydrogens is 326 g/mol. The molecule has 0 amide bonds. The zero-order valence-corrected chi connectivity index (χ0v) is 12.1. The van der Waals surface area contributed by atoms with Gasteiger partial charge in [-0.1, -0.05) is 48.0 Å². The molecule has 0 atom stereocenters. The predicted octanol–water partition coefficient (Wildman–Crippen LogP) is 4.55. The number of nitrogens with one attached hydrogen (secondary N) is 1. The van der Waals surface area contributed by atoms with Crippen LogP contribution in [0.2, 0.25) is 5.02 Å². The van der Waals surface area contributed by atoms with Gasteiger partial charge in [0.25, 0.3) is 0 Å². The van der Waals surface area contributed by atoms with E-state index in [1.165, 1.54) is 0 Å². The fourth-order valence-corrected chi connectivity index (χ4v) is 2.37. The van der Waals surface area contributed by atoms with Crippen molar-refractivity contribution in [2.75, 3.05) is 0 Å². The van der Waals surface area contributed by atoms with E-state index >= 15 is 0 Å². The summed E-state index contributed by atoms with van der Waals surface area (Å²) in [4.78, 5) is 4.48. The number of halogens is 2. The molecule has 0 saturated carbocycles. The first-order valence-electron chi connectivity index (χ1n) is 5.68. The molecule has 0 aliphatic rings. The average Bonchev–Trinajstić information content (AvgIpc) is 2.92. The van der Waals surface area contributed by atoms with Crippen molar-refractivity contribution in [1.29, 1.82) is 0 Å². The number of aromatic amines is 1. The summed E-state index contributed by atoms with van der Waals surface area (Å²) >= 11 is 9.65. The van der Waals surface area contributed by atoms with Crippen LogP contribution in [0.15, 0.2) is 53.0 Å². The topological polar surface area (TPSA) is 41.6 Å². The molecule has 0 aliphatic heterocycles. The summed E-state index contributed by atoms with van der Waals surface area (Å²) < 4.78 is 0.837. The third-order valence-electron chi connectivity index (χ3n) is 2.72. The van der Waals surface area contributed by atoms with Gasteiger partial charge in [-0.25, -0.2) is 4.98 Å². The van der Waals surface area contributed by atoms with Crippen LogP contribution in [0.1, 0.15) is 0 Å². The first kappa shape index (κ1) is 12.4. The SMILES string of the molecule is Clc1c(Br)cccc1-c1nc(-c2ccccc2)n[nH]1. The van der Waals surface area contributed by atoms with E-state index in [2.05, 4.69) is 31.1 Å². The molecule has 3 nitrogen and oxygen atoms in total. The Balaban J connectivity index is 2.05. The summed E-state index contributed by atoms with van der Waals surface area (Å²) in [6.07, 6.45) is 0. The third-order valence-corrected chi connectivity index (χ3v) is 4.02. The van der Waals surface area contributed by atoms with E-state index in [1.54, 1.807) is 0 Å². The molecule has 0 aliphatic carbocycles. The highest BCUT2D eigenvalue weighted by atomic mass is 79.9. The monoisotopic (exact) mass is 333 g/mol. The standard InChI is InChI=1S/C14H9BrClN3/c15-11-8-4-7-10(12(11)16)14-17-13(18-19-14)9-5-2-1-3-6-9/h1-8H,(H,17,18,19). The van der Waals surface area contributed by atoms with Gasteiger partial charge >= 0.3 is 0 Å². The van der Waals surface area contributed by atoms with E-state index in [4.69, 9.17) is 11.6 Å². The average molecular weight is 335 g/mol. The summed E-state index contributed by atoms with van der Waals surface area (Å²) in [5, 5.41) is 7.77. The smallest absolute Gasteiger partial charge is 0.181 e. The fraction of sp³-hybridized carbons (Fsp3) is 0. The lowest BCUT2D eigenvalue weighted by molar-refractivity contribution is 1.10. The van der Waals surface area contributed by atoms with Crippen LogP contribution in [0.25, 0.3) is 22.8 Å². The summed E-state index contributed by atoms with van der Waals surface area (Å²) in [5.41, 5.74) is 1.79. The number of nitrogens with zero attached hydrogens (tertiary/aromatic N) is 2. The molecule has 2 aromatic carbocycles. The predicted molar refractivity (Wildman–Crippen MR) is 80.0 cm³/mol. The zero-order valence-electron chi connectivity index (χ0n) is 9.77. The Bertz CT molecular complexity index is 710. The minimum atomic E-state index is 0.623. The van der Waals surface area contributed by atoms with Gasteiger partial charge in [0.05, 0.1) is 5.02 Å². The fourth-order valence-electron chi connectivity index (χ4n) is 1.79. The van der Waals surface area contributed by atoms with Gasteiger partial charge < -0.3 is 0 Å². The van der Waals surface area contributed by atoms with Crippen LogP contribution in [0, 0.1) is 0 Å². The molecule has 0 radical (unpaired) electrons. The summed E-state index contributed by atoms with van der Waals surface area (Å²) in [5.74, 6) is 1.32. The number of H-pyrrole nitrogens is 1. The van der Waals surface area contributed by atoms with Crippen LogP contribution in [0.4, 0.5) is 0 Å². The lowest BCUT2D eigenvalue weighted by Crippen LogP contribution is -1.83. The Morgan fingerprint density at radius 1 is 1.00 bits per heavy atom. The highest BCUT2D eigenvalue weighted by molar-refractivity contribution is 9.10. The van der Waals surface area contributed by atoms with Crippen molar-refractivity contribution < 1.29 is 0 Å². The minimum Gasteiger partial charge on any atom is -0.259 e. The van der Waals surface area contributed by atoms with Gasteiger partial charge in [-0.15, -0.1) is 0 Å². The van der Waals surface area contributed by atoms with E-state index in [0.29, 0.717) is 16.7 Å². The highest BCUT2D eigenvalue weighted by Gasteiger charge is 2.11. The molecule has 0 saturated heterocycles. The second kappa shape index (κ2) is 5.15. The quantitative estimate of drug-likeness (QED) is 0.746. The second-order valence-corrected chi connectivity index (χ2v) is 5.21. The van der Waals surface area contributed by atoms with Crippen molar-refractivity contribution in [2.45, 2.75) is 0 Å². The highest BCUT2D eigenvalue weighted by Crippen LogP contribution is 2.32. The van der Waals surface area contributed by atoms with Crippen molar-refractivity contribution in [3.63, 3.8) is 0 Å². The maximum Gasteiger partial charge on any atom is 0.181 e. The lowest BCUT2D eigenvalue weighted by atomic mass is 10.2. The van der Waals surface area contributed by atoms with Crippen LogP contribution >= 0.6 is 27.5 Å². The minimum absolute atomic E-state index is 0.623. The van der Waals surface area contributed by atoms with Crippen LogP contribution in [-0.2, 0) is 0 Å². The molecule has 0 fully saturated rings. The Kier molecular flexibility index (Phi) is 3.36. The van der Waals surface area contributed by atoms with Gasteiger partial charge in [0.1, 0.15) is 0 Å². The van der Waals surface area contributed by atoms with Crippen LogP contribution in [-0.4, -0.2) is 15.2 Å². The Hall–Kier alpha value is -1.65. The van der Waals surface area contributed by atoms with Gasteiger partial charge in [0, 0.05) is 15.6 Å². The van der Waals surface area contributed by atoms with Crippen molar-refractivity contribution in [1.82, 2.24) is 15.2 Å². The van der Waals surface area contributed by atoms with E-state index < -0.39 is 0 Å². The largest absolute Gasteiger partial charge is 0.259 e. The molecule has 0 bridgehead atoms. The lowest BCUT2D eigenvalue weighted by Gasteiger charge is -2.01. The Morgan fingerprint density at radius 3 is 2.58 bits per heavy atom. The molecule has 3 aromatic rings. The number of rotatable bonds is 2. The molecule has 19 heavy (non-hydrogen) atoms. The summed E-state index contributed by atoms with van der Waals surface area (Å²) in [6.45, 7) is 0. The third kappa shape index (κ3) is 2.41. The Morgan fingerprint density at radius 2 is 1.79 bits per heavy atom. The molecule has 5 heteroatoms. The van der Waals surface area contributed by atoms with Gasteiger partial charge in [0.2, 0.25) is 0 Å². The maximum absolute atomic E-state index is 6.25. The normalized spacial score (nSPS) is 10.6. The number of hydrogen-bond donors (Lipinski definition) is 1. The molecule has 0 unspecified atom stereocenters.